The number of para-hydroxylation sites is 2. The van der Waals surface area contributed by atoms with Crippen LogP contribution in [-0.2, 0) is 36.0 Å². The Morgan fingerprint density at radius 1 is 0.431 bits per heavy atom. The van der Waals surface area contributed by atoms with Crippen molar-refractivity contribution < 1.29 is 38.7 Å². The first-order valence-corrected chi connectivity index (χ1v) is 21.4. The Morgan fingerprint density at radius 2 is 0.724 bits per heavy atom. The first-order valence-electron chi connectivity index (χ1n) is 17.6. The maximum atomic E-state index is 13.1. The second-order valence-corrected chi connectivity index (χ2v) is 16.6. The van der Waals surface area contributed by atoms with Gasteiger partial charge in [0.2, 0.25) is 0 Å². The van der Waals surface area contributed by atoms with Crippen molar-refractivity contribution >= 4 is 79.9 Å². The lowest BCUT2D eigenvalue weighted by atomic mass is 10.1. The van der Waals surface area contributed by atoms with Gasteiger partial charge in [-0.15, -0.1) is 0 Å². The highest BCUT2D eigenvalue weighted by molar-refractivity contribution is 8.77. The first kappa shape index (κ1) is 42.9. The molecule has 6 aromatic carbocycles. The minimum absolute atomic E-state index is 0.00580. The fourth-order valence-corrected chi connectivity index (χ4v) is 9.16. The average molecular weight is 897 g/mol. The summed E-state index contributed by atoms with van der Waals surface area (Å²) in [4.78, 5) is 26.2. The number of hydrogen-bond acceptors (Lipinski definition) is 8. The highest BCUT2D eigenvalue weighted by Crippen LogP contribution is 2.52. The Hall–Kier alpha value is -4.68. The summed E-state index contributed by atoms with van der Waals surface area (Å²) in [5, 5.41) is 20.7. The molecule has 2 N–H and O–H groups in total. The predicted octanol–water partition coefficient (Wildman–Crippen LogP) is 12.9. The third kappa shape index (κ3) is 11.1. The summed E-state index contributed by atoms with van der Waals surface area (Å²) >= 11 is 25.7. The van der Waals surface area contributed by atoms with E-state index < -0.39 is 22.4 Å². The standard InChI is InChI=1S/C44H34Cl4O8S2/c45-33-17-5-1-11-27(33)23-53-37-21-9-15-31(39(37)55-25-29-13-3-7-19-35(29)47)41(43(49)50)57-58-42(44(51)52)32-16-10-22-38(54-24-28-12-2-6-18-34(28)46)40(32)56-26-30-14-4-8-20-36(30)48/h1-22,41-42H,23-26H2,(H,49,50)(H,51,52). The number of carboxylic acid groups (broad SMARTS) is 2. The third-order valence-electron chi connectivity index (χ3n) is 8.62. The number of carboxylic acids is 2. The lowest BCUT2D eigenvalue weighted by molar-refractivity contribution is -0.137. The summed E-state index contributed by atoms with van der Waals surface area (Å²) in [7, 11) is 1.68. The summed E-state index contributed by atoms with van der Waals surface area (Å²) in [6.45, 7) is 0.124. The molecule has 0 aliphatic carbocycles. The number of halogens is 4. The highest BCUT2D eigenvalue weighted by atomic mass is 35.5. The average Bonchev–Trinajstić information content (AvgIpc) is 3.21. The normalized spacial score (nSPS) is 12.0. The number of carbonyl (C=O) groups is 2. The van der Waals surface area contributed by atoms with Gasteiger partial charge in [-0.2, -0.15) is 0 Å². The second kappa shape index (κ2) is 20.8. The van der Waals surface area contributed by atoms with Gasteiger partial charge in [0, 0.05) is 53.5 Å². The van der Waals surface area contributed by atoms with E-state index >= 15 is 0 Å². The minimum Gasteiger partial charge on any atom is -0.485 e. The Bertz CT molecular complexity index is 2210. The van der Waals surface area contributed by atoms with Crippen LogP contribution in [0.3, 0.4) is 0 Å². The van der Waals surface area contributed by atoms with E-state index in [-0.39, 0.29) is 60.6 Å². The number of hydrogen-bond donors (Lipinski definition) is 2. The van der Waals surface area contributed by atoms with Gasteiger partial charge in [0.1, 0.15) is 36.9 Å². The van der Waals surface area contributed by atoms with Crippen LogP contribution in [0.25, 0.3) is 0 Å². The molecular formula is C44H34Cl4O8S2. The lowest BCUT2D eigenvalue weighted by Gasteiger charge is -2.23. The molecule has 0 aromatic heterocycles. The molecule has 0 heterocycles. The van der Waals surface area contributed by atoms with Crippen LogP contribution >= 0.6 is 68.0 Å². The van der Waals surface area contributed by atoms with Crippen LogP contribution in [0, 0.1) is 0 Å². The molecule has 0 radical (unpaired) electrons. The second-order valence-electron chi connectivity index (χ2n) is 12.5. The van der Waals surface area contributed by atoms with Crippen LogP contribution in [-0.4, -0.2) is 22.2 Å². The van der Waals surface area contributed by atoms with Crippen molar-refractivity contribution in [2.24, 2.45) is 0 Å². The van der Waals surface area contributed by atoms with E-state index in [9.17, 15) is 19.8 Å². The highest BCUT2D eigenvalue weighted by Gasteiger charge is 2.33. The van der Waals surface area contributed by atoms with E-state index in [1.165, 1.54) is 0 Å². The van der Waals surface area contributed by atoms with Crippen molar-refractivity contribution in [2.45, 2.75) is 36.9 Å². The molecule has 0 spiro atoms. The van der Waals surface area contributed by atoms with Gasteiger partial charge < -0.3 is 29.2 Å². The quantitative estimate of drug-likeness (QED) is 0.0762. The van der Waals surface area contributed by atoms with E-state index in [1.54, 1.807) is 97.1 Å². The van der Waals surface area contributed by atoms with E-state index in [1.807, 2.05) is 36.4 Å². The zero-order chi connectivity index (χ0) is 41.0. The van der Waals surface area contributed by atoms with E-state index in [4.69, 9.17) is 65.4 Å². The number of ether oxygens (including phenoxy) is 4. The van der Waals surface area contributed by atoms with Gasteiger partial charge in [0.15, 0.2) is 23.0 Å². The van der Waals surface area contributed by atoms with Crippen molar-refractivity contribution in [2.75, 3.05) is 0 Å². The predicted molar refractivity (Wildman–Crippen MR) is 232 cm³/mol. The molecule has 6 rings (SSSR count). The maximum absolute atomic E-state index is 13.1. The molecule has 2 unspecified atom stereocenters. The molecule has 0 aliphatic heterocycles. The molecule has 0 saturated heterocycles. The zero-order valence-corrected chi connectivity index (χ0v) is 35.0. The molecule has 58 heavy (non-hydrogen) atoms. The SMILES string of the molecule is O=C(O)C(SSC(C(=O)O)c1cccc(OCc2ccccc2Cl)c1OCc1ccccc1Cl)c1cccc(OCc2ccccc2Cl)c1OCc1ccccc1Cl. The zero-order valence-electron chi connectivity index (χ0n) is 30.4. The Morgan fingerprint density at radius 3 is 1.02 bits per heavy atom. The third-order valence-corrected chi connectivity index (χ3v) is 13.0. The van der Waals surface area contributed by atoms with Gasteiger partial charge >= 0.3 is 11.9 Å². The molecule has 0 amide bonds. The topological polar surface area (TPSA) is 112 Å². The van der Waals surface area contributed by atoms with Gasteiger partial charge in [0.25, 0.3) is 0 Å². The number of rotatable bonds is 19. The Kier molecular flexibility index (Phi) is 15.4. The molecule has 0 fully saturated rings. The first-order chi connectivity index (χ1) is 28.1. The smallest absolute Gasteiger partial charge is 0.322 e. The summed E-state index contributed by atoms with van der Waals surface area (Å²) in [6, 6.07) is 38.5. The summed E-state index contributed by atoms with van der Waals surface area (Å²) in [6.07, 6.45) is 0. The van der Waals surface area contributed by atoms with E-state index in [2.05, 4.69) is 0 Å². The van der Waals surface area contributed by atoms with Crippen LogP contribution in [0.15, 0.2) is 133 Å². The number of benzene rings is 6. The van der Waals surface area contributed by atoms with Crippen molar-refractivity contribution in [1.82, 2.24) is 0 Å². The van der Waals surface area contributed by atoms with Gasteiger partial charge in [-0.3, -0.25) is 9.59 Å². The fourth-order valence-electron chi connectivity index (χ4n) is 5.65. The molecule has 8 nitrogen and oxygen atoms in total. The van der Waals surface area contributed by atoms with Crippen LogP contribution in [0.2, 0.25) is 20.1 Å². The van der Waals surface area contributed by atoms with Crippen molar-refractivity contribution in [1.29, 1.82) is 0 Å². The van der Waals surface area contributed by atoms with Crippen LogP contribution in [0.4, 0.5) is 0 Å². The lowest BCUT2D eigenvalue weighted by Crippen LogP contribution is -2.13. The molecule has 0 bridgehead atoms. The fraction of sp³-hybridized carbons (Fsp3) is 0.136. The van der Waals surface area contributed by atoms with E-state index in [0.717, 1.165) is 21.6 Å². The Labute approximate surface area is 363 Å². The summed E-state index contributed by atoms with van der Waals surface area (Å²) in [5.74, 6) is -1.65. The van der Waals surface area contributed by atoms with E-state index in [0.29, 0.717) is 42.3 Å². The van der Waals surface area contributed by atoms with Crippen LogP contribution in [0.5, 0.6) is 23.0 Å². The molecular weight excluding hydrogens is 862 g/mol. The molecule has 0 saturated carbocycles. The number of aliphatic carboxylic acids is 2. The van der Waals surface area contributed by atoms with Crippen LogP contribution < -0.4 is 18.9 Å². The maximum Gasteiger partial charge on any atom is 0.322 e. The summed E-state index contributed by atoms with van der Waals surface area (Å²) in [5.41, 5.74) is 3.23. The molecule has 0 aliphatic rings. The van der Waals surface area contributed by atoms with Crippen molar-refractivity contribution in [3.8, 4) is 23.0 Å². The molecule has 298 valence electrons. The van der Waals surface area contributed by atoms with Crippen molar-refractivity contribution in [3.63, 3.8) is 0 Å². The Balaban J connectivity index is 1.33. The van der Waals surface area contributed by atoms with Gasteiger partial charge in [-0.05, 0) is 36.4 Å². The van der Waals surface area contributed by atoms with Gasteiger partial charge in [0.05, 0.1) is 0 Å². The summed E-state index contributed by atoms with van der Waals surface area (Å²) < 4.78 is 25.0. The van der Waals surface area contributed by atoms with Crippen LogP contribution in [0.1, 0.15) is 43.9 Å². The van der Waals surface area contributed by atoms with Crippen molar-refractivity contribution in [3.05, 3.63) is 187 Å². The largest absolute Gasteiger partial charge is 0.485 e. The molecule has 14 heteroatoms. The molecule has 6 aromatic rings. The van der Waals surface area contributed by atoms with Gasteiger partial charge in [-0.1, -0.05) is 165 Å². The monoisotopic (exact) mass is 894 g/mol. The van der Waals surface area contributed by atoms with Gasteiger partial charge in [-0.25, -0.2) is 0 Å². The minimum atomic E-state index is -1.33. The molecule has 2 atom stereocenters.